The third-order valence-corrected chi connectivity index (χ3v) is 7.57. The molecule has 42 heavy (non-hydrogen) atoms. The van der Waals surface area contributed by atoms with Crippen LogP contribution in [0.2, 0.25) is 0 Å². The molecule has 0 spiro atoms. The summed E-state index contributed by atoms with van der Waals surface area (Å²) in [6.07, 6.45) is 8.56. The van der Waals surface area contributed by atoms with Crippen molar-refractivity contribution in [1.82, 2.24) is 15.0 Å². The number of carbonyl (C=O) groups is 4. The molecule has 1 saturated heterocycles. The van der Waals surface area contributed by atoms with Gasteiger partial charge in [-0.25, -0.2) is 0 Å². The van der Waals surface area contributed by atoms with Gasteiger partial charge in [0.15, 0.2) is 29.7 Å². The number of esters is 3. The van der Waals surface area contributed by atoms with Gasteiger partial charge in [-0.05, 0) is 6.42 Å². The summed E-state index contributed by atoms with van der Waals surface area (Å²) in [5, 5.41) is 8.17. The second-order valence-electron chi connectivity index (χ2n) is 10.5. The van der Waals surface area contributed by atoms with E-state index in [2.05, 4.69) is 17.2 Å². The van der Waals surface area contributed by atoms with Gasteiger partial charge in [0.05, 0.1) is 12.8 Å². The first kappa shape index (κ1) is 35.7. The van der Waals surface area contributed by atoms with Crippen molar-refractivity contribution in [3.63, 3.8) is 0 Å². The molecule has 238 valence electrons. The molecule has 13 heteroatoms. The maximum Gasteiger partial charge on any atom is 0.303 e. The third kappa shape index (κ3) is 13.6. The van der Waals surface area contributed by atoms with Gasteiger partial charge in [0.1, 0.15) is 11.8 Å². The van der Waals surface area contributed by atoms with Gasteiger partial charge in [0.2, 0.25) is 0 Å². The number of aryl methyl sites for hydroxylation is 1. The van der Waals surface area contributed by atoms with Crippen molar-refractivity contribution in [2.45, 2.75) is 143 Å². The number of unbranched alkanes of at least 4 members (excludes halogenated alkanes) is 9. The van der Waals surface area contributed by atoms with Crippen LogP contribution in [0.5, 0.6) is 0 Å². The van der Waals surface area contributed by atoms with Crippen LogP contribution in [0.4, 0.5) is 0 Å². The van der Waals surface area contributed by atoms with Crippen molar-refractivity contribution >= 4 is 34.8 Å². The molecular weight excluding hydrogens is 566 g/mol. The summed E-state index contributed by atoms with van der Waals surface area (Å²) in [5.74, 6) is -1.91. The lowest BCUT2D eigenvalue weighted by atomic mass is 9.98. The standard InChI is InChI=1S/C29H47N3O9S/c1-6-7-8-9-10-11-12-13-14-15-16-32-17-24(30-31-32)18-37-29-28(40-22(4)35)27(39-21(3)34)26(38-20(2)33)25(41-29)19-42-23(5)36/h17,25-29H,6-16,18-19H2,1-5H3/t25-,26+,27+,28-,29-/m1/s1. The smallest absolute Gasteiger partial charge is 0.303 e. The molecule has 1 aromatic heterocycles. The highest BCUT2D eigenvalue weighted by atomic mass is 32.2. The van der Waals surface area contributed by atoms with E-state index in [0.717, 1.165) is 31.1 Å². The lowest BCUT2D eigenvalue weighted by molar-refractivity contribution is -0.302. The molecule has 0 unspecified atom stereocenters. The summed E-state index contributed by atoms with van der Waals surface area (Å²) in [7, 11) is 0. The normalized spacial score (nSPS) is 22.0. The summed E-state index contributed by atoms with van der Waals surface area (Å²) in [6, 6.07) is 0. The molecule has 0 bridgehead atoms. The van der Waals surface area contributed by atoms with E-state index in [1.807, 2.05) is 0 Å². The Morgan fingerprint density at radius 2 is 1.36 bits per heavy atom. The van der Waals surface area contributed by atoms with Crippen LogP contribution >= 0.6 is 11.8 Å². The second kappa shape index (κ2) is 19.6. The van der Waals surface area contributed by atoms with Crippen LogP contribution in [-0.2, 0) is 56.0 Å². The maximum atomic E-state index is 12.0. The highest BCUT2D eigenvalue weighted by Gasteiger charge is 2.52. The zero-order valence-electron chi connectivity index (χ0n) is 25.6. The van der Waals surface area contributed by atoms with Crippen molar-refractivity contribution in [1.29, 1.82) is 0 Å². The monoisotopic (exact) mass is 613 g/mol. The van der Waals surface area contributed by atoms with E-state index in [1.165, 1.54) is 79.1 Å². The van der Waals surface area contributed by atoms with E-state index in [9.17, 15) is 19.2 Å². The van der Waals surface area contributed by atoms with Gasteiger partial charge in [-0.3, -0.25) is 23.9 Å². The molecule has 1 aliphatic heterocycles. The molecule has 0 N–H and O–H groups in total. The van der Waals surface area contributed by atoms with Gasteiger partial charge in [0, 0.05) is 40.0 Å². The summed E-state index contributed by atoms with van der Waals surface area (Å²) in [4.78, 5) is 47.5. The van der Waals surface area contributed by atoms with E-state index >= 15 is 0 Å². The highest BCUT2D eigenvalue weighted by molar-refractivity contribution is 8.13. The Hall–Kier alpha value is -2.51. The number of aromatic nitrogens is 3. The molecule has 1 fully saturated rings. The van der Waals surface area contributed by atoms with Crippen LogP contribution in [0.3, 0.4) is 0 Å². The first-order valence-corrected chi connectivity index (χ1v) is 15.9. The van der Waals surface area contributed by atoms with E-state index in [4.69, 9.17) is 23.7 Å². The average Bonchev–Trinajstić information content (AvgIpc) is 3.37. The Bertz CT molecular complexity index is 989. The zero-order valence-corrected chi connectivity index (χ0v) is 26.4. The van der Waals surface area contributed by atoms with Gasteiger partial charge in [-0.2, -0.15) is 0 Å². The second-order valence-corrected chi connectivity index (χ2v) is 11.7. The van der Waals surface area contributed by atoms with Gasteiger partial charge >= 0.3 is 17.9 Å². The summed E-state index contributed by atoms with van der Waals surface area (Å²) < 4.78 is 30.1. The van der Waals surface area contributed by atoms with Crippen molar-refractivity contribution in [2.24, 2.45) is 0 Å². The number of thioether (sulfide) groups is 1. The fourth-order valence-electron chi connectivity index (χ4n) is 4.77. The van der Waals surface area contributed by atoms with E-state index in [1.54, 1.807) is 10.9 Å². The van der Waals surface area contributed by atoms with Crippen molar-refractivity contribution in [3.8, 4) is 0 Å². The number of rotatable bonds is 19. The fourth-order valence-corrected chi connectivity index (χ4v) is 5.43. The minimum absolute atomic E-state index is 0.0297. The first-order chi connectivity index (χ1) is 20.1. The molecule has 0 amide bonds. The zero-order chi connectivity index (χ0) is 30.9. The van der Waals surface area contributed by atoms with Crippen LogP contribution in [0, 0.1) is 0 Å². The van der Waals surface area contributed by atoms with Crippen LogP contribution in [0.25, 0.3) is 0 Å². The topological polar surface area (TPSA) is 145 Å². The molecular formula is C29H47N3O9S. The van der Waals surface area contributed by atoms with E-state index in [0.29, 0.717) is 5.69 Å². The summed E-state index contributed by atoms with van der Waals surface area (Å²) >= 11 is 0.957. The number of hydrogen-bond donors (Lipinski definition) is 0. The molecule has 0 saturated carbocycles. The molecule has 12 nitrogen and oxygen atoms in total. The van der Waals surface area contributed by atoms with Crippen molar-refractivity contribution in [3.05, 3.63) is 11.9 Å². The number of ether oxygens (including phenoxy) is 5. The number of nitrogens with zero attached hydrogens (tertiary/aromatic N) is 3. The Kier molecular flexibility index (Phi) is 16.7. The quantitative estimate of drug-likeness (QED) is 0.123. The van der Waals surface area contributed by atoms with E-state index < -0.39 is 48.6 Å². The fraction of sp³-hybridized carbons (Fsp3) is 0.793. The van der Waals surface area contributed by atoms with Gasteiger partial charge < -0.3 is 23.7 Å². The highest BCUT2D eigenvalue weighted by Crippen LogP contribution is 2.31. The van der Waals surface area contributed by atoms with Crippen molar-refractivity contribution in [2.75, 3.05) is 5.75 Å². The number of hydrogen-bond acceptors (Lipinski definition) is 12. The summed E-state index contributed by atoms with van der Waals surface area (Å²) in [6.45, 7) is 7.92. The minimum atomic E-state index is -1.24. The van der Waals surface area contributed by atoms with Gasteiger partial charge in [0.25, 0.3) is 0 Å². The van der Waals surface area contributed by atoms with Crippen LogP contribution in [-0.4, -0.2) is 74.5 Å². The Labute approximate surface area is 252 Å². The Morgan fingerprint density at radius 3 is 1.93 bits per heavy atom. The third-order valence-electron chi connectivity index (χ3n) is 6.67. The average molecular weight is 614 g/mol. The lowest BCUT2D eigenvalue weighted by Gasteiger charge is -2.44. The minimum Gasteiger partial charge on any atom is -0.456 e. The Balaban J connectivity index is 1.98. The molecule has 1 aliphatic rings. The molecule has 2 rings (SSSR count). The van der Waals surface area contributed by atoms with Crippen LogP contribution in [0.15, 0.2) is 6.20 Å². The van der Waals surface area contributed by atoms with Gasteiger partial charge in [-0.1, -0.05) is 81.7 Å². The summed E-state index contributed by atoms with van der Waals surface area (Å²) in [5.41, 5.74) is 0.535. The molecule has 0 aliphatic carbocycles. The first-order valence-electron chi connectivity index (χ1n) is 14.9. The molecule has 0 radical (unpaired) electrons. The molecule has 5 atom stereocenters. The van der Waals surface area contributed by atoms with Crippen LogP contribution < -0.4 is 0 Å². The SMILES string of the molecule is CCCCCCCCCCCCn1cc(CO[C@@H]2O[C@H](CSC(C)=O)[C@H](OC(C)=O)[C@H](OC(C)=O)[C@H]2OC(C)=O)nn1. The Morgan fingerprint density at radius 1 is 0.810 bits per heavy atom. The maximum absolute atomic E-state index is 12.0. The largest absolute Gasteiger partial charge is 0.456 e. The number of carbonyl (C=O) groups excluding carboxylic acids is 4. The molecule has 0 aromatic carbocycles. The molecule has 2 heterocycles. The van der Waals surface area contributed by atoms with Gasteiger partial charge in [-0.15, -0.1) is 5.10 Å². The predicted octanol–water partition coefficient (Wildman–Crippen LogP) is 4.52. The predicted molar refractivity (Wildman–Crippen MR) is 155 cm³/mol. The van der Waals surface area contributed by atoms with Crippen LogP contribution in [0.1, 0.15) is 105 Å². The van der Waals surface area contributed by atoms with Crippen molar-refractivity contribution < 1.29 is 42.9 Å². The van der Waals surface area contributed by atoms with E-state index in [-0.39, 0.29) is 17.5 Å². The lowest BCUT2D eigenvalue weighted by Crippen LogP contribution is -2.62. The molecule has 1 aromatic rings.